The summed E-state index contributed by atoms with van der Waals surface area (Å²) in [4.78, 5) is 12.0. The van der Waals surface area contributed by atoms with E-state index in [2.05, 4.69) is 24.5 Å². The SMILES string of the molecule is CC1CCC(NC(=O)CC2CCCNC2)CC1C. The van der Waals surface area contributed by atoms with Crippen LogP contribution < -0.4 is 10.6 Å². The van der Waals surface area contributed by atoms with Crippen LogP contribution >= 0.6 is 0 Å². The maximum Gasteiger partial charge on any atom is 0.220 e. The molecule has 2 rings (SSSR count). The zero-order valence-electron chi connectivity index (χ0n) is 11.9. The maximum atomic E-state index is 12.0. The fourth-order valence-electron chi connectivity index (χ4n) is 3.33. The van der Waals surface area contributed by atoms with Crippen LogP contribution in [0.4, 0.5) is 0 Å². The molecule has 0 bridgehead atoms. The van der Waals surface area contributed by atoms with E-state index in [1.54, 1.807) is 0 Å². The second-order valence-corrected chi connectivity index (χ2v) is 6.45. The third kappa shape index (κ3) is 3.98. The molecule has 0 aromatic heterocycles. The van der Waals surface area contributed by atoms with Gasteiger partial charge in [0.15, 0.2) is 0 Å². The van der Waals surface area contributed by atoms with Crippen molar-refractivity contribution in [2.24, 2.45) is 17.8 Å². The Kier molecular flexibility index (Phi) is 5.04. The van der Waals surface area contributed by atoms with Crippen molar-refractivity contribution >= 4 is 5.91 Å². The van der Waals surface area contributed by atoms with Crippen molar-refractivity contribution in [1.82, 2.24) is 10.6 Å². The minimum atomic E-state index is 0.274. The number of carbonyl (C=O) groups excluding carboxylic acids is 1. The number of hydrogen-bond acceptors (Lipinski definition) is 2. The van der Waals surface area contributed by atoms with E-state index in [1.165, 1.54) is 25.7 Å². The number of piperidine rings is 1. The molecule has 2 N–H and O–H groups in total. The first-order valence-electron chi connectivity index (χ1n) is 7.65. The van der Waals surface area contributed by atoms with Gasteiger partial charge < -0.3 is 10.6 Å². The largest absolute Gasteiger partial charge is 0.353 e. The predicted molar refractivity (Wildman–Crippen MR) is 74.3 cm³/mol. The fourth-order valence-corrected chi connectivity index (χ4v) is 3.33. The Morgan fingerprint density at radius 2 is 2.06 bits per heavy atom. The molecule has 1 saturated carbocycles. The van der Waals surface area contributed by atoms with Crippen molar-refractivity contribution in [2.45, 2.75) is 58.4 Å². The Balaban J connectivity index is 1.70. The van der Waals surface area contributed by atoms with Gasteiger partial charge in [0, 0.05) is 12.5 Å². The standard InChI is InChI=1S/C15H28N2O/c1-11-5-6-14(8-12(11)2)17-15(18)9-13-4-3-7-16-10-13/h11-14,16H,3-10H2,1-2H3,(H,17,18). The molecule has 1 saturated heterocycles. The molecule has 1 heterocycles. The number of nitrogens with one attached hydrogen (secondary N) is 2. The monoisotopic (exact) mass is 252 g/mol. The van der Waals surface area contributed by atoms with Crippen molar-refractivity contribution < 1.29 is 4.79 Å². The van der Waals surface area contributed by atoms with Gasteiger partial charge in [-0.3, -0.25) is 4.79 Å². The van der Waals surface area contributed by atoms with Crippen LogP contribution in [0.5, 0.6) is 0 Å². The summed E-state index contributed by atoms with van der Waals surface area (Å²) in [5, 5.41) is 6.63. The first-order chi connectivity index (χ1) is 8.65. The summed E-state index contributed by atoms with van der Waals surface area (Å²) in [6.45, 7) is 6.78. The summed E-state index contributed by atoms with van der Waals surface area (Å²) in [6, 6.07) is 0.431. The Hall–Kier alpha value is -0.570. The van der Waals surface area contributed by atoms with E-state index in [4.69, 9.17) is 0 Å². The van der Waals surface area contributed by atoms with Crippen molar-refractivity contribution in [3.05, 3.63) is 0 Å². The Labute approximate surface area is 111 Å². The highest BCUT2D eigenvalue weighted by molar-refractivity contribution is 5.76. The van der Waals surface area contributed by atoms with Crippen molar-refractivity contribution in [3.63, 3.8) is 0 Å². The van der Waals surface area contributed by atoms with Crippen LogP contribution in [0.1, 0.15) is 52.4 Å². The molecule has 3 heteroatoms. The highest BCUT2D eigenvalue weighted by Crippen LogP contribution is 2.29. The molecular formula is C15H28N2O. The number of hydrogen-bond donors (Lipinski definition) is 2. The number of carbonyl (C=O) groups is 1. The van der Waals surface area contributed by atoms with Crippen LogP contribution in [0.2, 0.25) is 0 Å². The molecule has 0 radical (unpaired) electrons. The minimum Gasteiger partial charge on any atom is -0.353 e. The van der Waals surface area contributed by atoms with E-state index in [0.717, 1.165) is 31.3 Å². The molecule has 1 amide bonds. The van der Waals surface area contributed by atoms with Crippen LogP contribution in [0.3, 0.4) is 0 Å². The van der Waals surface area contributed by atoms with E-state index in [9.17, 15) is 4.79 Å². The Morgan fingerprint density at radius 3 is 2.72 bits per heavy atom. The molecule has 1 aliphatic heterocycles. The summed E-state index contributed by atoms with van der Waals surface area (Å²) in [5.41, 5.74) is 0. The summed E-state index contributed by atoms with van der Waals surface area (Å²) in [5.74, 6) is 2.40. The lowest BCUT2D eigenvalue weighted by atomic mass is 9.79. The highest BCUT2D eigenvalue weighted by Gasteiger charge is 2.26. The van der Waals surface area contributed by atoms with Gasteiger partial charge in [0.2, 0.25) is 5.91 Å². The highest BCUT2D eigenvalue weighted by atomic mass is 16.1. The zero-order valence-corrected chi connectivity index (χ0v) is 11.9. The van der Waals surface area contributed by atoms with Crippen molar-refractivity contribution in [2.75, 3.05) is 13.1 Å². The fraction of sp³-hybridized carbons (Fsp3) is 0.933. The number of amides is 1. The van der Waals surface area contributed by atoms with E-state index in [1.807, 2.05) is 0 Å². The third-order valence-corrected chi connectivity index (χ3v) is 4.84. The Bertz CT molecular complexity index is 274. The van der Waals surface area contributed by atoms with Crippen molar-refractivity contribution in [1.29, 1.82) is 0 Å². The lowest BCUT2D eigenvalue weighted by molar-refractivity contribution is -0.123. The van der Waals surface area contributed by atoms with Gasteiger partial charge in [-0.25, -0.2) is 0 Å². The van der Waals surface area contributed by atoms with Crippen LogP contribution in [0.15, 0.2) is 0 Å². The third-order valence-electron chi connectivity index (χ3n) is 4.84. The van der Waals surface area contributed by atoms with Gasteiger partial charge in [0.25, 0.3) is 0 Å². The summed E-state index contributed by atoms with van der Waals surface area (Å²) in [6.07, 6.45) is 6.73. The molecule has 0 aromatic rings. The van der Waals surface area contributed by atoms with Crippen molar-refractivity contribution in [3.8, 4) is 0 Å². The van der Waals surface area contributed by atoms with Gasteiger partial charge in [-0.2, -0.15) is 0 Å². The van der Waals surface area contributed by atoms with Crippen LogP contribution in [-0.2, 0) is 4.79 Å². The van der Waals surface area contributed by atoms with Gasteiger partial charge in [-0.05, 0) is 62.9 Å². The van der Waals surface area contributed by atoms with Gasteiger partial charge in [-0.15, -0.1) is 0 Å². The lowest BCUT2D eigenvalue weighted by Crippen LogP contribution is -2.41. The molecule has 4 unspecified atom stereocenters. The van der Waals surface area contributed by atoms with Gasteiger partial charge in [0.05, 0.1) is 0 Å². The van der Waals surface area contributed by atoms with E-state index < -0.39 is 0 Å². The zero-order chi connectivity index (χ0) is 13.0. The topological polar surface area (TPSA) is 41.1 Å². The van der Waals surface area contributed by atoms with E-state index in [0.29, 0.717) is 18.4 Å². The Morgan fingerprint density at radius 1 is 1.22 bits per heavy atom. The number of rotatable bonds is 3. The molecule has 2 aliphatic rings. The summed E-state index contributed by atoms with van der Waals surface area (Å²) >= 11 is 0. The molecular weight excluding hydrogens is 224 g/mol. The maximum absolute atomic E-state index is 12.0. The first-order valence-corrected chi connectivity index (χ1v) is 7.65. The molecule has 0 spiro atoms. The van der Waals surface area contributed by atoms with Gasteiger partial charge >= 0.3 is 0 Å². The van der Waals surface area contributed by atoms with Crippen LogP contribution in [-0.4, -0.2) is 25.0 Å². The van der Waals surface area contributed by atoms with Gasteiger partial charge in [0.1, 0.15) is 0 Å². The summed E-state index contributed by atoms with van der Waals surface area (Å²) in [7, 11) is 0. The van der Waals surface area contributed by atoms with E-state index >= 15 is 0 Å². The second-order valence-electron chi connectivity index (χ2n) is 6.45. The molecule has 18 heavy (non-hydrogen) atoms. The average Bonchev–Trinajstić information content (AvgIpc) is 2.35. The summed E-state index contributed by atoms with van der Waals surface area (Å²) < 4.78 is 0. The minimum absolute atomic E-state index is 0.274. The molecule has 4 atom stereocenters. The second kappa shape index (κ2) is 6.55. The first kappa shape index (κ1) is 13.9. The van der Waals surface area contributed by atoms with Crippen LogP contribution in [0.25, 0.3) is 0 Å². The molecule has 104 valence electrons. The smallest absolute Gasteiger partial charge is 0.220 e. The molecule has 1 aliphatic carbocycles. The quantitative estimate of drug-likeness (QED) is 0.809. The van der Waals surface area contributed by atoms with Gasteiger partial charge in [-0.1, -0.05) is 13.8 Å². The van der Waals surface area contributed by atoms with Crippen LogP contribution in [0, 0.1) is 17.8 Å². The van der Waals surface area contributed by atoms with E-state index in [-0.39, 0.29) is 5.91 Å². The lowest BCUT2D eigenvalue weighted by Gasteiger charge is -2.33. The average molecular weight is 252 g/mol. The normalized spacial score (nSPS) is 37.2. The molecule has 0 aromatic carbocycles. The molecule has 2 fully saturated rings. The predicted octanol–water partition coefficient (Wildman–Crippen LogP) is 2.32. The molecule has 3 nitrogen and oxygen atoms in total.